The van der Waals surface area contributed by atoms with Crippen LogP contribution in [0, 0.1) is 13.8 Å². The minimum Gasteiger partial charge on any atom is -0.460 e. The van der Waals surface area contributed by atoms with Crippen molar-refractivity contribution >= 4 is 17.5 Å². The number of furan rings is 1. The summed E-state index contributed by atoms with van der Waals surface area (Å²) in [6.45, 7) is 8.08. The van der Waals surface area contributed by atoms with Crippen molar-refractivity contribution in [1.29, 1.82) is 0 Å². The number of rotatable bonds is 5. The number of aryl methyl sites for hydroxylation is 2. The molecule has 6 heteroatoms. The zero-order valence-corrected chi connectivity index (χ0v) is 15.2. The summed E-state index contributed by atoms with van der Waals surface area (Å²) in [4.78, 5) is 11.2. The Morgan fingerprint density at radius 1 is 1.12 bits per heavy atom. The quantitative estimate of drug-likeness (QED) is 0.660. The number of alkyl carbamates (subject to hydrolysis) is 1. The Morgan fingerprint density at radius 3 is 2.44 bits per heavy atom. The van der Waals surface area contributed by atoms with Crippen molar-refractivity contribution in [3.8, 4) is 0 Å². The number of hydrogen-bond donors (Lipinski definition) is 1. The zero-order valence-electron chi connectivity index (χ0n) is 15.2. The molecule has 0 radical (unpaired) electrons. The molecule has 1 amide bonds. The number of hydrogen-bond acceptors (Lipinski definition) is 5. The molecule has 6 nitrogen and oxygen atoms in total. The Balaban J connectivity index is 2.12. The normalized spacial score (nSPS) is 12.2. The van der Waals surface area contributed by atoms with Gasteiger partial charge in [0.1, 0.15) is 17.2 Å². The molecule has 132 valence electrons. The van der Waals surface area contributed by atoms with Crippen molar-refractivity contribution < 1.29 is 13.9 Å². The summed E-state index contributed by atoms with van der Waals surface area (Å²) in [6, 6.07) is 9.73. The van der Waals surface area contributed by atoms with Crippen LogP contribution in [-0.4, -0.2) is 24.6 Å². The number of nitrogens with one attached hydrogen (secondary N) is 1. The van der Waals surface area contributed by atoms with Gasteiger partial charge in [-0.2, -0.15) is 10.2 Å². The topological polar surface area (TPSA) is 76.2 Å². The van der Waals surface area contributed by atoms with E-state index in [1.54, 1.807) is 0 Å². The van der Waals surface area contributed by atoms with E-state index in [-0.39, 0.29) is 0 Å². The Kier molecular flexibility index (Phi) is 6.11. The van der Waals surface area contributed by atoms with Gasteiger partial charge >= 0.3 is 6.09 Å². The van der Waals surface area contributed by atoms with E-state index >= 15 is 0 Å². The maximum Gasteiger partial charge on any atom is 0.407 e. The van der Waals surface area contributed by atoms with Crippen LogP contribution in [0.5, 0.6) is 0 Å². The summed E-state index contributed by atoms with van der Waals surface area (Å²) in [5.41, 5.74) is 4.59. The fourth-order valence-electron chi connectivity index (χ4n) is 2.24. The Labute approximate surface area is 147 Å². The Hall–Kier alpha value is -2.89. The van der Waals surface area contributed by atoms with Gasteiger partial charge in [-0.05, 0) is 62.6 Å². The molecule has 0 aliphatic rings. The van der Waals surface area contributed by atoms with Gasteiger partial charge in [0.15, 0.2) is 0 Å². The van der Waals surface area contributed by atoms with Gasteiger partial charge in [0.05, 0.1) is 12.8 Å². The Bertz CT molecular complexity index is 819. The van der Waals surface area contributed by atoms with Crippen LogP contribution in [0.2, 0.25) is 0 Å². The summed E-state index contributed by atoms with van der Waals surface area (Å²) in [7, 11) is 1.34. The molecule has 0 saturated heterocycles. The van der Waals surface area contributed by atoms with Gasteiger partial charge in [0, 0.05) is 6.54 Å². The van der Waals surface area contributed by atoms with Crippen LogP contribution in [0.1, 0.15) is 42.1 Å². The lowest BCUT2D eigenvalue weighted by Crippen LogP contribution is -2.22. The van der Waals surface area contributed by atoms with Gasteiger partial charge in [-0.15, -0.1) is 0 Å². The minimum absolute atomic E-state index is 0.421. The van der Waals surface area contributed by atoms with Gasteiger partial charge in [-0.25, -0.2) is 4.79 Å². The van der Waals surface area contributed by atoms with Crippen LogP contribution in [0.15, 0.2) is 45.0 Å². The first-order valence-electron chi connectivity index (χ1n) is 7.98. The lowest BCUT2D eigenvalue weighted by Gasteiger charge is -2.09. The van der Waals surface area contributed by atoms with Crippen molar-refractivity contribution in [2.24, 2.45) is 10.2 Å². The summed E-state index contributed by atoms with van der Waals surface area (Å²) < 4.78 is 10.1. The van der Waals surface area contributed by atoms with Crippen molar-refractivity contribution in [2.75, 3.05) is 7.11 Å². The molecule has 0 aliphatic heterocycles. The first kappa shape index (κ1) is 18.4. The van der Waals surface area contributed by atoms with E-state index in [9.17, 15) is 4.79 Å². The number of nitrogens with zero attached hydrogens (tertiary/aromatic N) is 2. The Morgan fingerprint density at radius 2 is 1.84 bits per heavy atom. The summed E-state index contributed by atoms with van der Waals surface area (Å²) in [5, 5.41) is 11.2. The average Bonchev–Trinajstić information content (AvgIpc) is 3.04. The second kappa shape index (κ2) is 8.28. The monoisotopic (exact) mass is 341 g/mol. The predicted octanol–water partition coefficient (Wildman–Crippen LogP) is 3.99. The van der Waals surface area contributed by atoms with E-state index in [2.05, 4.69) is 20.3 Å². The number of carbonyl (C=O) groups is 1. The van der Waals surface area contributed by atoms with Crippen LogP contribution in [-0.2, 0) is 11.3 Å². The van der Waals surface area contributed by atoms with Gasteiger partial charge in [0.2, 0.25) is 0 Å². The number of methoxy groups -OCH3 is 1. The van der Waals surface area contributed by atoms with E-state index in [0.717, 1.165) is 39.6 Å². The fraction of sp³-hybridized carbons (Fsp3) is 0.316. The third-order valence-corrected chi connectivity index (χ3v) is 3.82. The number of amides is 1. The molecule has 0 saturated carbocycles. The largest absolute Gasteiger partial charge is 0.460 e. The van der Waals surface area contributed by atoms with Crippen molar-refractivity contribution in [3.63, 3.8) is 0 Å². The second-order valence-corrected chi connectivity index (χ2v) is 5.77. The highest BCUT2D eigenvalue weighted by atomic mass is 16.5. The molecule has 1 N–H and O–H groups in total. The molecule has 0 aliphatic carbocycles. The molecule has 1 heterocycles. The van der Waals surface area contributed by atoms with Crippen LogP contribution in [0.4, 0.5) is 4.79 Å². The first-order valence-corrected chi connectivity index (χ1v) is 7.98. The van der Waals surface area contributed by atoms with E-state index in [1.165, 1.54) is 7.11 Å². The molecule has 2 aromatic rings. The minimum atomic E-state index is -0.445. The van der Waals surface area contributed by atoms with E-state index < -0.39 is 6.09 Å². The molecule has 0 fully saturated rings. The molecule has 0 unspecified atom stereocenters. The fourth-order valence-corrected chi connectivity index (χ4v) is 2.24. The highest BCUT2D eigenvalue weighted by Crippen LogP contribution is 2.13. The smallest absolute Gasteiger partial charge is 0.407 e. The predicted molar refractivity (Wildman–Crippen MR) is 98.3 cm³/mol. The number of benzene rings is 1. The van der Waals surface area contributed by atoms with Crippen molar-refractivity contribution in [3.05, 3.63) is 58.5 Å². The van der Waals surface area contributed by atoms with Gasteiger partial charge in [-0.1, -0.05) is 12.1 Å². The second-order valence-electron chi connectivity index (χ2n) is 5.77. The standard InChI is InChI=1S/C19H23N3O3/c1-12-10-16(7-8-17(12)11-20-19(23)24-5)14(3)21-22-15(4)18-9-6-13(2)25-18/h6-10H,11H2,1-5H3,(H,20,23)/b21-14+,22-15+. The first-order chi connectivity index (χ1) is 11.9. The average molecular weight is 341 g/mol. The number of carbonyl (C=O) groups excluding carboxylic acids is 1. The lowest BCUT2D eigenvalue weighted by molar-refractivity contribution is 0.170. The van der Waals surface area contributed by atoms with Crippen molar-refractivity contribution in [1.82, 2.24) is 5.32 Å². The molecule has 0 atom stereocenters. The number of ether oxygens (including phenoxy) is 1. The van der Waals surface area contributed by atoms with Crippen LogP contribution in [0.25, 0.3) is 0 Å². The third-order valence-electron chi connectivity index (χ3n) is 3.82. The maximum absolute atomic E-state index is 11.2. The zero-order chi connectivity index (χ0) is 18.4. The summed E-state index contributed by atoms with van der Waals surface area (Å²) in [5.74, 6) is 1.56. The van der Waals surface area contributed by atoms with E-state index in [0.29, 0.717) is 6.54 Å². The van der Waals surface area contributed by atoms with Crippen molar-refractivity contribution in [2.45, 2.75) is 34.2 Å². The molecule has 0 bridgehead atoms. The van der Waals surface area contributed by atoms with Gasteiger partial charge in [0.25, 0.3) is 0 Å². The molecule has 2 rings (SSSR count). The van der Waals surface area contributed by atoms with Crippen LogP contribution in [0.3, 0.4) is 0 Å². The molecule has 1 aromatic heterocycles. The molecule has 1 aromatic carbocycles. The summed E-state index contributed by atoms with van der Waals surface area (Å²) >= 11 is 0. The summed E-state index contributed by atoms with van der Waals surface area (Å²) in [6.07, 6.45) is -0.445. The van der Waals surface area contributed by atoms with Crippen LogP contribution >= 0.6 is 0 Å². The lowest BCUT2D eigenvalue weighted by atomic mass is 10.0. The SMILES string of the molecule is COC(=O)NCc1ccc(/C(C)=N/N=C(\C)c2ccc(C)o2)cc1C. The van der Waals surface area contributed by atoms with Gasteiger partial charge in [-0.3, -0.25) is 0 Å². The van der Waals surface area contributed by atoms with E-state index in [1.807, 2.05) is 58.0 Å². The van der Waals surface area contributed by atoms with Crippen LogP contribution < -0.4 is 5.32 Å². The van der Waals surface area contributed by atoms with E-state index in [4.69, 9.17) is 4.42 Å². The molecular formula is C19H23N3O3. The molecule has 0 spiro atoms. The highest BCUT2D eigenvalue weighted by Gasteiger charge is 2.06. The third kappa shape index (κ3) is 5.04. The van der Waals surface area contributed by atoms with Gasteiger partial charge < -0.3 is 14.5 Å². The maximum atomic E-state index is 11.2. The molecular weight excluding hydrogens is 318 g/mol. The highest BCUT2D eigenvalue weighted by molar-refractivity contribution is 6.00. The molecule has 25 heavy (non-hydrogen) atoms.